The monoisotopic (exact) mass is 325 g/mol. The third kappa shape index (κ3) is 10.8. The van der Waals surface area contributed by atoms with Crippen LogP contribution in [0.25, 0.3) is 0 Å². The number of aliphatic imine (C=N–C) groups is 1. The Morgan fingerprint density at radius 2 is 2.09 bits per heavy atom. The summed E-state index contributed by atoms with van der Waals surface area (Å²) in [6.45, 7) is 6.66. The molecule has 1 heterocycles. The van der Waals surface area contributed by atoms with Crippen LogP contribution in [0.4, 0.5) is 0 Å². The van der Waals surface area contributed by atoms with Crippen LogP contribution < -0.4 is 10.6 Å². The fourth-order valence-electron chi connectivity index (χ4n) is 2.02. The summed E-state index contributed by atoms with van der Waals surface area (Å²) >= 11 is 0. The molecule has 132 valence electrons. The number of methoxy groups -OCH3 is 1. The topological polar surface area (TPSA) is 68.0 Å². The molecule has 0 spiro atoms. The first-order valence-electron chi connectivity index (χ1n) is 8.48. The van der Waals surface area contributed by atoms with Gasteiger partial charge in [-0.3, -0.25) is 4.99 Å². The van der Waals surface area contributed by atoms with E-state index in [1.165, 1.54) is 6.42 Å². The zero-order valence-electron chi connectivity index (χ0n) is 14.5. The van der Waals surface area contributed by atoms with Crippen molar-refractivity contribution in [2.75, 3.05) is 40.0 Å². The normalized spacial score (nSPS) is 11.7. The molecule has 1 aromatic heterocycles. The van der Waals surface area contributed by atoms with Crippen molar-refractivity contribution in [1.82, 2.24) is 10.6 Å². The molecular weight excluding hydrogens is 294 g/mol. The molecule has 0 unspecified atom stereocenters. The van der Waals surface area contributed by atoms with Crippen LogP contribution >= 0.6 is 0 Å². The molecule has 2 N–H and O–H groups in total. The smallest absolute Gasteiger partial charge is 0.191 e. The van der Waals surface area contributed by atoms with E-state index in [4.69, 9.17) is 13.9 Å². The average Bonchev–Trinajstić information content (AvgIpc) is 3.07. The molecule has 0 saturated carbocycles. The van der Waals surface area contributed by atoms with Crippen LogP contribution in [0.15, 0.2) is 27.8 Å². The Labute approximate surface area is 139 Å². The van der Waals surface area contributed by atoms with Crippen molar-refractivity contribution >= 4 is 5.96 Å². The maximum atomic E-state index is 5.54. The standard InChI is InChI=1S/C17H31N3O3/c1-3-18-17(19-10-5-4-6-12-21-2)20-11-8-13-22-15-16-9-7-14-23-16/h7,9,14H,3-6,8,10-13,15H2,1-2H3,(H2,18,19,20). The third-order valence-corrected chi connectivity index (χ3v) is 3.20. The molecule has 0 amide bonds. The van der Waals surface area contributed by atoms with Gasteiger partial charge in [-0.05, 0) is 44.7 Å². The summed E-state index contributed by atoms with van der Waals surface area (Å²) in [6.07, 6.45) is 5.96. The highest BCUT2D eigenvalue weighted by molar-refractivity contribution is 5.79. The van der Waals surface area contributed by atoms with E-state index < -0.39 is 0 Å². The number of hydrogen-bond donors (Lipinski definition) is 2. The van der Waals surface area contributed by atoms with Gasteiger partial charge in [0.25, 0.3) is 0 Å². The minimum absolute atomic E-state index is 0.524. The highest BCUT2D eigenvalue weighted by atomic mass is 16.5. The molecule has 6 nitrogen and oxygen atoms in total. The number of nitrogens with one attached hydrogen (secondary N) is 2. The Balaban J connectivity index is 2.06. The van der Waals surface area contributed by atoms with E-state index in [9.17, 15) is 0 Å². The highest BCUT2D eigenvalue weighted by Crippen LogP contribution is 2.01. The van der Waals surface area contributed by atoms with Crippen LogP contribution in [0.5, 0.6) is 0 Å². The van der Waals surface area contributed by atoms with Crippen molar-refractivity contribution < 1.29 is 13.9 Å². The zero-order chi connectivity index (χ0) is 16.6. The fourth-order valence-corrected chi connectivity index (χ4v) is 2.02. The van der Waals surface area contributed by atoms with E-state index in [1.54, 1.807) is 13.4 Å². The largest absolute Gasteiger partial charge is 0.467 e. The summed E-state index contributed by atoms with van der Waals surface area (Å²) in [5.41, 5.74) is 0. The Kier molecular flexibility index (Phi) is 12.0. The van der Waals surface area contributed by atoms with Gasteiger partial charge in [-0.15, -0.1) is 0 Å². The molecule has 0 fully saturated rings. The molecule has 0 aliphatic rings. The Hall–Kier alpha value is -1.53. The molecule has 1 rings (SSSR count). The van der Waals surface area contributed by atoms with Gasteiger partial charge in [0, 0.05) is 40.0 Å². The first-order chi connectivity index (χ1) is 11.4. The summed E-state index contributed by atoms with van der Waals surface area (Å²) in [4.78, 5) is 4.55. The second-order valence-electron chi connectivity index (χ2n) is 5.23. The van der Waals surface area contributed by atoms with Gasteiger partial charge in [-0.25, -0.2) is 0 Å². The second-order valence-corrected chi connectivity index (χ2v) is 5.23. The number of hydrogen-bond acceptors (Lipinski definition) is 4. The molecule has 0 aromatic carbocycles. The van der Waals surface area contributed by atoms with Crippen LogP contribution in [0, 0.1) is 0 Å². The molecule has 0 aliphatic carbocycles. The first kappa shape index (κ1) is 19.5. The predicted octanol–water partition coefficient (Wildman–Crippen LogP) is 2.56. The zero-order valence-corrected chi connectivity index (χ0v) is 14.5. The van der Waals surface area contributed by atoms with Crippen LogP contribution in [-0.4, -0.2) is 45.9 Å². The number of unbranched alkanes of at least 4 members (excludes halogenated alkanes) is 2. The lowest BCUT2D eigenvalue weighted by molar-refractivity contribution is 0.105. The van der Waals surface area contributed by atoms with Crippen molar-refractivity contribution in [2.24, 2.45) is 4.99 Å². The maximum Gasteiger partial charge on any atom is 0.191 e. The summed E-state index contributed by atoms with van der Waals surface area (Å²) in [5, 5.41) is 6.61. The summed E-state index contributed by atoms with van der Waals surface area (Å²) in [5.74, 6) is 1.74. The van der Waals surface area contributed by atoms with Gasteiger partial charge in [-0.1, -0.05) is 0 Å². The molecule has 0 radical (unpaired) electrons. The van der Waals surface area contributed by atoms with E-state index in [2.05, 4.69) is 22.5 Å². The summed E-state index contributed by atoms with van der Waals surface area (Å²) in [7, 11) is 1.74. The lowest BCUT2D eigenvalue weighted by Gasteiger charge is -2.11. The van der Waals surface area contributed by atoms with E-state index in [0.29, 0.717) is 13.2 Å². The summed E-state index contributed by atoms with van der Waals surface area (Å²) in [6, 6.07) is 3.78. The molecule has 0 bridgehead atoms. The van der Waals surface area contributed by atoms with Gasteiger partial charge in [0.1, 0.15) is 12.4 Å². The van der Waals surface area contributed by atoms with Crippen molar-refractivity contribution in [3.05, 3.63) is 24.2 Å². The molecule has 1 aromatic rings. The van der Waals surface area contributed by atoms with Gasteiger partial charge < -0.3 is 24.5 Å². The molecule has 23 heavy (non-hydrogen) atoms. The van der Waals surface area contributed by atoms with Gasteiger partial charge >= 0.3 is 0 Å². The fraction of sp³-hybridized carbons (Fsp3) is 0.706. The lowest BCUT2D eigenvalue weighted by atomic mass is 10.2. The molecular formula is C17H31N3O3. The minimum atomic E-state index is 0.524. The van der Waals surface area contributed by atoms with Crippen molar-refractivity contribution in [1.29, 1.82) is 0 Å². The van der Waals surface area contributed by atoms with Gasteiger partial charge in [0.05, 0.1) is 6.26 Å². The number of rotatable bonds is 13. The van der Waals surface area contributed by atoms with Crippen molar-refractivity contribution in [3.8, 4) is 0 Å². The lowest BCUT2D eigenvalue weighted by Crippen LogP contribution is -2.37. The van der Waals surface area contributed by atoms with Gasteiger partial charge in [0.2, 0.25) is 0 Å². The maximum absolute atomic E-state index is 5.54. The van der Waals surface area contributed by atoms with E-state index in [0.717, 1.165) is 57.2 Å². The average molecular weight is 325 g/mol. The van der Waals surface area contributed by atoms with Gasteiger partial charge in [0.15, 0.2) is 5.96 Å². The molecule has 6 heteroatoms. The number of furan rings is 1. The van der Waals surface area contributed by atoms with Gasteiger partial charge in [-0.2, -0.15) is 0 Å². The minimum Gasteiger partial charge on any atom is -0.467 e. The predicted molar refractivity (Wildman–Crippen MR) is 92.7 cm³/mol. The Morgan fingerprint density at radius 3 is 2.83 bits per heavy atom. The molecule has 0 saturated heterocycles. The van der Waals surface area contributed by atoms with E-state index in [-0.39, 0.29) is 0 Å². The highest BCUT2D eigenvalue weighted by Gasteiger charge is 1.98. The second kappa shape index (κ2) is 14.1. The Morgan fingerprint density at radius 1 is 1.17 bits per heavy atom. The number of nitrogens with zero attached hydrogens (tertiary/aromatic N) is 1. The third-order valence-electron chi connectivity index (χ3n) is 3.20. The van der Waals surface area contributed by atoms with Crippen LogP contribution in [0.2, 0.25) is 0 Å². The van der Waals surface area contributed by atoms with Crippen molar-refractivity contribution in [2.45, 2.75) is 39.2 Å². The quantitative estimate of drug-likeness (QED) is 0.331. The van der Waals surface area contributed by atoms with Crippen molar-refractivity contribution in [3.63, 3.8) is 0 Å². The van der Waals surface area contributed by atoms with Crippen LogP contribution in [-0.2, 0) is 16.1 Å². The summed E-state index contributed by atoms with van der Waals surface area (Å²) < 4.78 is 15.8. The van der Waals surface area contributed by atoms with Crippen LogP contribution in [0.3, 0.4) is 0 Å². The Bertz CT molecular complexity index is 394. The molecule has 0 aliphatic heterocycles. The van der Waals surface area contributed by atoms with E-state index in [1.807, 2.05) is 12.1 Å². The number of guanidine groups is 1. The number of ether oxygens (including phenoxy) is 2. The first-order valence-corrected chi connectivity index (χ1v) is 8.48. The SMILES string of the molecule is CCNC(=NCCCOCc1ccco1)NCCCCCOC. The van der Waals surface area contributed by atoms with Crippen LogP contribution in [0.1, 0.15) is 38.4 Å². The van der Waals surface area contributed by atoms with E-state index >= 15 is 0 Å². The molecule has 0 atom stereocenters.